The van der Waals surface area contributed by atoms with Crippen molar-refractivity contribution in [2.24, 2.45) is 10.8 Å². The molecular formula is C10H19ClO. The second-order valence-electron chi connectivity index (χ2n) is 4.65. The molecule has 0 rings (SSSR count). The molecule has 12 heavy (non-hydrogen) atoms. The molecule has 72 valence electrons. The van der Waals surface area contributed by atoms with Gasteiger partial charge >= 0.3 is 0 Å². The normalized spacial score (nSPS) is 13.2. The minimum Gasteiger partial charge on any atom is -0.281 e. The van der Waals surface area contributed by atoms with E-state index in [-0.39, 0.29) is 16.1 Å². The predicted molar refractivity (Wildman–Crippen MR) is 53.3 cm³/mol. The number of halogens is 1. The fraction of sp³-hybridized carbons (Fsp3) is 0.900. The lowest BCUT2D eigenvalue weighted by molar-refractivity contribution is -0.115. The Hall–Kier alpha value is -0.0400. The summed E-state index contributed by atoms with van der Waals surface area (Å²) in [6.45, 7) is 10.7. The van der Waals surface area contributed by atoms with E-state index in [0.29, 0.717) is 6.42 Å². The number of carbonyl (C=O) groups excluding carboxylic acids is 1. The molecule has 0 aromatic carbocycles. The van der Waals surface area contributed by atoms with Gasteiger partial charge in [0.25, 0.3) is 0 Å². The third-order valence-electron chi connectivity index (χ3n) is 3.30. The Balaban J connectivity index is 4.48. The fourth-order valence-corrected chi connectivity index (χ4v) is 1.40. The van der Waals surface area contributed by atoms with Gasteiger partial charge in [-0.1, -0.05) is 41.0 Å². The summed E-state index contributed by atoms with van der Waals surface area (Å²) in [5, 5.41) is -0.235. The molecule has 0 saturated carbocycles. The van der Waals surface area contributed by atoms with Crippen molar-refractivity contribution in [3.8, 4) is 0 Å². The van der Waals surface area contributed by atoms with E-state index in [1.807, 2.05) is 0 Å². The number of hydrogen-bond acceptors (Lipinski definition) is 1. The monoisotopic (exact) mass is 190 g/mol. The van der Waals surface area contributed by atoms with Crippen LogP contribution in [-0.2, 0) is 4.79 Å². The molecule has 0 N–H and O–H groups in total. The van der Waals surface area contributed by atoms with Gasteiger partial charge in [-0.05, 0) is 22.4 Å². The third-order valence-corrected chi connectivity index (χ3v) is 3.43. The van der Waals surface area contributed by atoms with E-state index >= 15 is 0 Å². The summed E-state index contributed by atoms with van der Waals surface area (Å²) in [6, 6.07) is 0. The van der Waals surface area contributed by atoms with E-state index in [4.69, 9.17) is 11.6 Å². The number of carbonyl (C=O) groups is 1. The predicted octanol–water partition coefficient (Wildman–Crippen LogP) is 3.60. The van der Waals surface area contributed by atoms with Gasteiger partial charge in [0.1, 0.15) is 0 Å². The average Bonchev–Trinajstić information content (AvgIpc) is 1.84. The van der Waals surface area contributed by atoms with Crippen molar-refractivity contribution < 1.29 is 4.79 Å². The Morgan fingerprint density at radius 2 is 1.58 bits per heavy atom. The van der Waals surface area contributed by atoms with Crippen molar-refractivity contribution in [3.63, 3.8) is 0 Å². The van der Waals surface area contributed by atoms with Crippen LogP contribution in [0.4, 0.5) is 0 Å². The highest BCUT2D eigenvalue weighted by Crippen LogP contribution is 2.43. The first-order valence-electron chi connectivity index (χ1n) is 4.41. The smallest absolute Gasteiger partial charge is 0.222 e. The molecule has 0 aromatic heterocycles. The quantitative estimate of drug-likeness (QED) is 0.620. The highest BCUT2D eigenvalue weighted by molar-refractivity contribution is 6.63. The molecular weight excluding hydrogens is 172 g/mol. The van der Waals surface area contributed by atoms with Crippen molar-refractivity contribution in [2.45, 2.75) is 47.5 Å². The summed E-state index contributed by atoms with van der Waals surface area (Å²) >= 11 is 5.39. The van der Waals surface area contributed by atoms with Gasteiger partial charge in [-0.15, -0.1) is 0 Å². The van der Waals surface area contributed by atoms with Gasteiger partial charge in [-0.2, -0.15) is 0 Å². The van der Waals surface area contributed by atoms with Gasteiger partial charge in [0.05, 0.1) is 0 Å². The van der Waals surface area contributed by atoms with Crippen LogP contribution < -0.4 is 0 Å². The minimum atomic E-state index is -0.235. The standard InChI is InChI=1S/C10H19ClO/c1-6-9(2,3)10(4,5)7-8(11)12/h6-7H2,1-5H3. The highest BCUT2D eigenvalue weighted by Gasteiger charge is 2.36. The van der Waals surface area contributed by atoms with E-state index in [1.54, 1.807) is 0 Å². The molecule has 0 aliphatic rings. The van der Waals surface area contributed by atoms with Gasteiger partial charge in [0.15, 0.2) is 0 Å². The van der Waals surface area contributed by atoms with Crippen LogP contribution >= 0.6 is 11.6 Å². The Bertz CT molecular complexity index is 171. The summed E-state index contributed by atoms with van der Waals surface area (Å²) in [5.74, 6) is 0. The topological polar surface area (TPSA) is 17.1 Å². The van der Waals surface area contributed by atoms with Crippen LogP contribution in [0, 0.1) is 10.8 Å². The van der Waals surface area contributed by atoms with Crippen LogP contribution in [0.3, 0.4) is 0 Å². The SMILES string of the molecule is CCC(C)(C)C(C)(C)CC(=O)Cl. The molecule has 2 heteroatoms. The first-order chi connectivity index (χ1) is 5.23. The van der Waals surface area contributed by atoms with Crippen molar-refractivity contribution in [3.05, 3.63) is 0 Å². The van der Waals surface area contributed by atoms with Crippen molar-refractivity contribution in [1.82, 2.24) is 0 Å². The van der Waals surface area contributed by atoms with Crippen molar-refractivity contribution in [2.75, 3.05) is 0 Å². The Kier molecular flexibility index (Phi) is 3.77. The molecule has 0 amide bonds. The zero-order valence-corrected chi connectivity index (χ0v) is 9.46. The van der Waals surface area contributed by atoms with Crippen molar-refractivity contribution >= 4 is 16.8 Å². The largest absolute Gasteiger partial charge is 0.281 e. The lowest BCUT2D eigenvalue weighted by Crippen LogP contribution is -2.33. The molecule has 0 heterocycles. The second kappa shape index (κ2) is 3.78. The molecule has 0 fully saturated rings. The highest BCUT2D eigenvalue weighted by atomic mass is 35.5. The summed E-state index contributed by atoms with van der Waals surface area (Å²) in [4.78, 5) is 10.8. The minimum absolute atomic E-state index is 0.0133. The lowest BCUT2D eigenvalue weighted by atomic mass is 9.65. The van der Waals surface area contributed by atoms with Crippen LogP contribution in [0.2, 0.25) is 0 Å². The maximum absolute atomic E-state index is 10.8. The third kappa shape index (κ3) is 2.78. The molecule has 1 nitrogen and oxygen atoms in total. The van der Waals surface area contributed by atoms with Crippen LogP contribution in [0.15, 0.2) is 0 Å². The van der Waals surface area contributed by atoms with Gasteiger partial charge in [-0.3, -0.25) is 4.79 Å². The Morgan fingerprint density at radius 1 is 1.17 bits per heavy atom. The van der Waals surface area contributed by atoms with Crippen molar-refractivity contribution in [1.29, 1.82) is 0 Å². The maximum Gasteiger partial charge on any atom is 0.222 e. The van der Waals surface area contributed by atoms with Crippen LogP contribution in [0.1, 0.15) is 47.5 Å². The number of rotatable bonds is 4. The second-order valence-corrected chi connectivity index (χ2v) is 5.07. The summed E-state index contributed by atoms with van der Waals surface area (Å²) < 4.78 is 0. The molecule has 0 bridgehead atoms. The molecule has 0 aliphatic carbocycles. The number of hydrogen-bond donors (Lipinski definition) is 0. The van der Waals surface area contributed by atoms with Gasteiger partial charge in [0, 0.05) is 6.42 Å². The van der Waals surface area contributed by atoms with E-state index in [1.165, 1.54) is 0 Å². The Morgan fingerprint density at radius 3 is 1.83 bits per heavy atom. The van der Waals surface area contributed by atoms with E-state index in [9.17, 15) is 4.79 Å². The molecule has 0 saturated heterocycles. The van der Waals surface area contributed by atoms with E-state index in [0.717, 1.165) is 6.42 Å². The molecule has 0 radical (unpaired) electrons. The van der Waals surface area contributed by atoms with Crippen LogP contribution in [0.25, 0.3) is 0 Å². The molecule has 0 aromatic rings. The van der Waals surface area contributed by atoms with E-state index < -0.39 is 0 Å². The van der Waals surface area contributed by atoms with Crippen LogP contribution in [0.5, 0.6) is 0 Å². The first kappa shape index (κ1) is 12.0. The molecule has 0 aliphatic heterocycles. The zero-order chi connectivity index (χ0) is 9.99. The fourth-order valence-electron chi connectivity index (χ4n) is 1.07. The van der Waals surface area contributed by atoms with Gasteiger partial charge in [-0.25, -0.2) is 0 Å². The van der Waals surface area contributed by atoms with Gasteiger partial charge < -0.3 is 0 Å². The summed E-state index contributed by atoms with van der Waals surface area (Å²) in [6.07, 6.45) is 1.51. The van der Waals surface area contributed by atoms with E-state index in [2.05, 4.69) is 34.6 Å². The zero-order valence-electron chi connectivity index (χ0n) is 8.70. The molecule has 0 unspecified atom stereocenters. The van der Waals surface area contributed by atoms with Crippen LogP contribution in [-0.4, -0.2) is 5.24 Å². The molecule has 0 atom stereocenters. The molecule has 0 spiro atoms. The van der Waals surface area contributed by atoms with Gasteiger partial charge in [0.2, 0.25) is 5.24 Å². The maximum atomic E-state index is 10.8. The lowest BCUT2D eigenvalue weighted by Gasteiger charge is -2.40. The first-order valence-corrected chi connectivity index (χ1v) is 4.79. The summed E-state index contributed by atoms with van der Waals surface area (Å²) in [7, 11) is 0. The summed E-state index contributed by atoms with van der Waals surface area (Å²) in [5.41, 5.74) is 0.151. The average molecular weight is 191 g/mol. The Labute approximate surface area is 80.5 Å².